The van der Waals surface area contributed by atoms with Gasteiger partial charge in [0.2, 0.25) is 0 Å². The fourth-order valence-corrected chi connectivity index (χ4v) is 7.24. The van der Waals surface area contributed by atoms with E-state index in [9.17, 15) is 0 Å². The molecule has 1 saturated heterocycles. The molecule has 1 unspecified atom stereocenters. The molecule has 0 aromatic heterocycles. The Labute approximate surface area is 316 Å². The molecule has 1 aliphatic rings. The number of allylic oxidation sites excluding steroid dienone is 5. The average Bonchev–Trinajstić information content (AvgIpc) is 3.15. The van der Waals surface area contributed by atoms with Crippen LogP contribution < -0.4 is 4.74 Å². The van der Waals surface area contributed by atoms with Crippen molar-refractivity contribution in [1.29, 1.82) is 0 Å². The molecule has 0 N–H and O–H groups in total. The first-order valence-corrected chi connectivity index (χ1v) is 19.0. The summed E-state index contributed by atoms with van der Waals surface area (Å²) in [4.78, 5) is 7.22. The highest BCUT2D eigenvalue weighted by atomic mass is 79.9. The number of methoxy groups -OCH3 is 1. The molecule has 272 valence electrons. The van der Waals surface area contributed by atoms with Crippen LogP contribution in [0.4, 0.5) is 0 Å². The summed E-state index contributed by atoms with van der Waals surface area (Å²) < 4.78 is 13.2. The topological polar surface area (TPSA) is 28.2 Å². The molecular formula is C45H58BrN3O2. The van der Waals surface area contributed by atoms with Crippen LogP contribution in [0.5, 0.6) is 5.75 Å². The smallest absolute Gasteiger partial charge is 0.122 e. The van der Waals surface area contributed by atoms with Gasteiger partial charge in [0.05, 0.1) is 6.61 Å². The number of hydrogen-bond acceptors (Lipinski definition) is 5. The van der Waals surface area contributed by atoms with Gasteiger partial charge in [0.25, 0.3) is 0 Å². The van der Waals surface area contributed by atoms with Crippen molar-refractivity contribution >= 4 is 15.9 Å². The lowest BCUT2D eigenvalue weighted by atomic mass is 9.81. The van der Waals surface area contributed by atoms with Crippen LogP contribution in [0.25, 0.3) is 0 Å². The summed E-state index contributed by atoms with van der Waals surface area (Å²) in [7, 11) is 6.02. The summed E-state index contributed by atoms with van der Waals surface area (Å²) in [5.74, 6) is 0.976. The van der Waals surface area contributed by atoms with Crippen LogP contribution in [0.15, 0.2) is 137 Å². The Kier molecular flexibility index (Phi) is 15.6. The average molecular weight is 753 g/mol. The van der Waals surface area contributed by atoms with E-state index in [0.29, 0.717) is 6.61 Å². The lowest BCUT2D eigenvalue weighted by Gasteiger charge is -2.38. The third kappa shape index (κ3) is 11.2. The van der Waals surface area contributed by atoms with Gasteiger partial charge in [0.1, 0.15) is 11.4 Å². The minimum atomic E-state index is -0.649. The molecule has 0 aliphatic carbocycles. The molecule has 0 bridgehead atoms. The van der Waals surface area contributed by atoms with Gasteiger partial charge in [-0.25, -0.2) is 0 Å². The minimum Gasteiger partial charge on any atom is -0.494 e. The lowest BCUT2D eigenvalue weighted by Crippen LogP contribution is -2.45. The molecule has 1 heterocycles. The molecule has 5 nitrogen and oxygen atoms in total. The Morgan fingerprint density at radius 3 is 2.22 bits per heavy atom. The Morgan fingerprint density at radius 2 is 1.63 bits per heavy atom. The third-order valence-corrected chi connectivity index (χ3v) is 10.5. The number of hydrogen-bond donors (Lipinski definition) is 0. The van der Waals surface area contributed by atoms with Gasteiger partial charge in [0.15, 0.2) is 0 Å². The van der Waals surface area contributed by atoms with Crippen molar-refractivity contribution in [3.8, 4) is 5.75 Å². The number of ether oxygens (including phenoxy) is 2. The van der Waals surface area contributed by atoms with Gasteiger partial charge in [-0.05, 0) is 88.0 Å². The molecule has 51 heavy (non-hydrogen) atoms. The molecule has 1 atom stereocenters. The molecule has 1 fully saturated rings. The standard InChI is InChI=1S/C45H58BrN3O2/c1-9-43(46)42(45(50-8,25-26-47(6)7)41-19-15-12-16-20-41)31-35(3)21-23-40(33-38-17-13-11-14-18-38)37(5)49-29-27-48(28-30-49)34-39-22-24-44(51-10-2)36(4)32-39/h9,11-20,22-24,31-32H,1,5,10,21,25-30,33-34H2,2-4,6-8H3/b35-31-,40-23-,43-42-. The van der Waals surface area contributed by atoms with E-state index in [-0.39, 0.29) is 0 Å². The zero-order valence-corrected chi connectivity index (χ0v) is 33.3. The highest BCUT2D eigenvalue weighted by Gasteiger charge is 2.36. The van der Waals surface area contributed by atoms with E-state index in [0.717, 1.165) is 85.6 Å². The zero-order chi connectivity index (χ0) is 36.8. The zero-order valence-electron chi connectivity index (χ0n) is 31.8. The van der Waals surface area contributed by atoms with Gasteiger partial charge >= 0.3 is 0 Å². The number of benzene rings is 3. The minimum absolute atomic E-state index is 0.649. The quantitative estimate of drug-likeness (QED) is 0.121. The molecule has 0 radical (unpaired) electrons. The number of halogens is 1. The van der Waals surface area contributed by atoms with Crippen LogP contribution in [0, 0.1) is 6.92 Å². The van der Waals surface area contributed by atoms with Crippen molar-refractivity contribution in [2.45, 2.75) is 52.2 Å². The summed E-state index contributed by atoms with van der Waals surface area (Å²) in [5, 5.41) is 0. The molecule has 3 aromatic carbocycles. The van der Waals surface area contributed by atoms with Gasteiger partial charge < -0.3 is 19.3 Å². The largest absolute Gasteiger partial charge is 0.494 e. The molecule has 4 rings (SSSR count). The van der Waals surface area contributed by atoms with E-state index >= 15 is 0 Å². The van der Waals surface area contributed by atoms with Crippen molar-refractivity contribution in [2.75, 3.05) is 60.5 Å². The first kappa shape index (κ1) is 40.1. The van der Waals surface area contributed by atoms with Crippen molar-refractivity contribution < 1.29 is 9.47 Å². The monoisotopic (exact) mass is 751 g/mol. The number of aryl methyl sites for hydroxylation is 1. The maximum Gasteiger partial charge on any atom is 0.122 e. The number of rotatable bonds is 18. The van der Waals surface area contributed by atoms with Crippen LogP contribution in [0.1, 0.15) is 48.9 Å². The van der Waals surface area contributed by atoms with E-state index in [1.54, 1.807) is 0 Å². The summed E-state index contributed by atoms with van der Waals surface area (Å²) in [5.41, 5.74) is 8.99. The molecule has 1 aliphatic heterocycles. The van der Waals surface area contributed by atoms with E-state index < -0.39 is 5.60 Å². The first-order valence-electron chi connectivity index (χ1n) is 18.2. The SMILES string of the molecule is C=C/C(Br)=C(\C=C(\C)C/C=C(/Cc1ccccc1)C(=C)N1CCN(Cc2ccc(OCC)c(C)c2)CC1)C(CCN(C)C)(OC)c1ccccc1. The predicted octanol–water partition coefficient (Wildman–Crippen LogP) is 9.86. The fraction of sp³-hybridized carbons (Fsp3) is 0.378. The van der Waals surface area contributed by atoms with Gasteiger partial charge in [-0.15, -0.1) is 0 Å². The van der Waals surface area contributed by atoms with Crippen LogP contribution in [0.3, 0.4) is 0 Å². The Morgan fingerprint density at radius 1 is 0.961 bits per heavy atom. The maximum absolute atomic E-state index is 6.50. The number of piperazine rings is 1. The second kappa shape index (κ2) is 19.8. The van der Waals surface area contributed by atoms with E-state index in [4.69, 9.17) is 9.47 Å². The first-order chi connectivity index (χ1) is 24.6. The van der Waals surface area contributed by atoms with Crippen molar-refractivity contribution in [3.63, 3.8) is 0 Å². The van der Waals surface area contributed by atoms with Crippen LogP contribution in [-0.2, 0) is 23.3 Å². The lowest BCUT2D eigenvalue weighted by molar-refractivity contribution is 0.00849. The van der Waals surface area contributed by atoms with Gasteiger partial charge in [0, 0.05) is 62.1 Å². The molecule has 3 aromatic rings. The Hall–Kier alpha value is -3.68. The van der Waals surface area contributed by atoms with Gasteiger partial charge in [-0.3, -0.25) is 4.90 Å². The second-order valence-corrected chi connectivity index (χ2v) is 14.6. The van der Waals surface area contributed by atoms with E-state index in [1.807, 2.05) is 20.1 Å². The van der Waals surface area contributed by atoms with Crippen molar-refractivity contribution in [3.05, 3.63) is 159 Å². The summed E-state index contributed by atoms with van der Waals surface area (Å²) in [6.07, 6.45) is 8.97. The van der Waals surface area contributed by atoms with Crippen molar-refractivity contribution in [2.24, 2.45) is 0 Å². The van der Waals surface area contributed by atoms with Crippen LogP contribution in [-0.4, -0.2) is 75.2 Å². The fourth-order valence-electron chi connectivity index (χ4n) is 6.80. The summed E-state index contributed by atoms with van der Waals surface area (Å²) in [6, 6.07) is 27.8. The maximum atomic E-state index is 6.50. The van der Waals surface area contributed by atoms with Gasteiger partial charge in [-0.2, -0.15) is 0 Å². The highest BCUT2D eigenvalue weighted by Crippen LogP contribution is 2.41. The molecule has 0 spiro atoms. The Bertz CT molecular complexity index is 1670. The predicted molar refractivity (Wildman–Crippen MR) is 219 cm³/mol. The van der Waals surface area contributed by atoms with E-state index in [1.165, 1.54) is 27.8 Å². The molecule has 0 saturated carbocycles. The molecular weight excluding hydrogens is 694 g/mol. The van der Waals surface area contributed by atoms with Gasteiger partial charge in [-0.1, -0.05) is 126 Å². The van der Waals surface area contributed by atoms with Crippen LogP contribution >= 0.6 is 15.9 Å². The van der Waals surface area contributed by atoms with Crippen molar-refractivity contribution in [1.82, 2.24) is 14.7 Å². The summed E-state index contributed by atoms with van der Waals surface area (Å²) in [6.45, 7) is 21.6. The second-order valence-electron chi connectivity index (χ2n) is 13.7. The number of nitrogens with zero attached hydrogens (tertiary/aromatic N) is 3. The molecule has 0 amide bonds. The third-order valence-electron chi connectivity index (χ3n) is 9.74. The van der Waals surface area contributed by atoms with Crippen LogP contribution in [0.2, 0.25) is 0 Å². The Balaban J connectivity index is 1.56. The normalized spacial score (nSPS) is 16.1. The van der Waals surface area contributed by atoms with E-state index in [2.05, 4.69) is 163 Å². The molecule has 6 heteroatoms. The summed E-state index contributed by atoms with van der Waals surface area (Å²) >= 11 is 3.87. The highest BCUT2D eigenvalue weighted by molar-refractivity contribution is 9.11.